The van der Waals surface area contributed by atoms with Crippen LogP contribution in [-0.2, 0) is 4.79 Å². The number of alkyl halides is 3. The van der Waals surface area contributed by atoms with E-state index in [4.69, 9.17) is 0 Å². The van der Waals surface area contributed by atoms with E-state index < -0.39 is 18.6 Å². The van der Waals surface area contributed by atoms with Crippen LogP contribution in [0.25, 0.3) is 0 Å². The minimum atomic E-state index is -4.45. The maximum atomic E-state index is 12.0. The van der Waals surface area contributed by atoms with Gasteiger partial charge >= 0.3 is 6.18 Å². The lowest BCUT2D eigenvalue weighted by atomic mass is 10.2. The normalized spacial score (nSPS) is 13.8. The van der Waals surface area contributed by atoms with Gasteiger partial charge in [-0.2, -0.15) is 13.2 Å². The van der Waals surface area contributed by atoms with E-state index in [-0.39, 0.29) is 30.4 Å². The fourth-order valence-electron chi connectivity index (χ4n) is 1.90. The molecule has 0 aliphatic heterocycles. The first-order chi connectivity index (χ1) is 10.8. The molecule has 0 bridgehead atoms. The van der Waals surface area contributed by atoms with E-state index in [0.717, 1.165) is 6.54 Å². The first kappa shape index (κ1) is 20.2. The second-order valence-electron chi connectivity index (χ2n) is 5.50. The third-order valence-corrected chi connectivity index (χ3v) is 3.30. The number of hydrogen-bond acceptors (Lipinski definition) is 3. The molecule has 1 aromatic rings. The Morgan fingerprint density at radius 1 is 1.12 bits per heavy atom. The van der Waals surface area contributed by atoms with Crippen LogP contribution in [0.1, 0.15) is 23.2 Å². The van der Waals surface area contributed by atoms with Crippen LogP contribution in [0.5, 0.6) is 0 Å². The topological polar surface area (TPSA) is 70.2 Å². The average molecular weight is 366 g/mol. The number of benzene rings is 1. The Bertz CT molecular complexity index is 560. The van der Waals surface area contributed by atoms with Crippen molar-refractivity contribution in [2.75, 3.05) is 25.0 Å². The van der Waals surface area contributed by atoms with Crippen molar-refractivity contribution in [3.8, 4) is 0 Å². The van der Waals surface area contributed by atoms with Crippen LogP contribution in [-0.4, -0.2) is 37.6 Å². The smallest absolute Gasteiger partial charge is 0.343 e. The summed E-state index contributed by atoms with van der Waals surface area (Å²) in [6.07, 6.45) is -2.05. The molecule has 5 nitrogen and oxygen atoms in total. The first-order valence-corrected chi connectivity index (χ1v) is 7.29. The Morgan fingerprint density at radius 3 is 2.29 bits per heavy atom. The van der Waals surface area contributed by atoms with E-state index in [0.29, 0.717) is 11.6 Å². The Hall–Kier alpha value is -1.80. The maximum absolute atomic E-state index is 12.0. The maximum Gasteiger partial charge on any atom is 0.405 e. The van der Waals surface area contributed by atoms with Gasteiger partial charge in [-0.3, -0.25) is 9.59 Å². The highest BCUT2D eigenvalue weighted by atomic mass is 35.5. The van der Waals surface area contributed by atoms with E-state index in [2.05, 4.69) is 10.6 Å². The van der Waals surface area contributed by atoms with Crippen molar-refractivity contribution in [3.05, 3.63) is 29.8 Å². The molecule has 1 saturated carbocycles. The molecule has 1 aliphatic rings. The molecule has 1 aromatic carbocycles. The van der Waals surface area contributed by atoms with Crippen LogP contribution in [0.2, 0.25) is 0 Å². The number of amides is 2. The molecule has 0 saturated heterocycles. The van der Waals surface area contributed by atoms with Gasteiger partial charge in [0.1, 0.15) is 6.54 Å². The van der Waals surface area contributed by atoms with Gasteiger partial charge in [0.05, 0.1) is 6.54 Å². The van der Waals surface area contributed by atoms with E-state index in [1.54, 1.807) is 5.32 Å². The number of halogens is 4. The molecule has 1 fully saturated rings. The molecule has 0 atom stereocenters. The van der Waals surface area contributed by atoms with Crippen molar-refractivity contribution in [1.82, 2.24) is 10.6 Å². The van der Waals surface area contributed by atoms with Gasteiger partial charge in [0.2, 0.25) is 5.91 Å². The van der Waals surface area contributed by atoms with Crippen LogP contribution >= 0.6 is 12.4 Å². The van der Waals surface area contributed by atoms with E-state index in [1.165, 1.54) is 37.1 Å². The Balaban J connectivity index is 0.00000288. The summed E-state index contributed by atoms with van der Waals surface area (Å²) in [5.74, 6) is -0.344. The molecular weight excluding hydrogens is 347 g/mol. The highest BCUT2D eigenvalue weighted by Gasteiger charge is 2.27. The summed E-state index contributed by atoms with van der Waals surface area (Å²) < 4.78 is 36.1. The molecular formula is C15H19ClF3N3O2. The van der Waals surface area contributed by atoms with Gasteiger partial charge in [-0.25, -0.2) is 0 Å². The zero-order valence-electron chi connectivity index (χ0n) is 12.8. The van der Waals surface area contributed by atoms with Crippen molar-refractivity contribution in [1.29, 1.82) is 0 Å². The van der Waals surface area contributed by atoms with Crippen molar-refractivity contribution in [2.45, 2.75) is 19.0 Å². The molecule has 134 valence electrons. The summed E-state index contributed by atoms with van der Waals surface area (Å²) in [5, 5.41) is 7.47. The summed E-state index contributed by atoms with van der Waals surface area (Å²) in [6, 6.07) is 5.67. The lowest BCUT2D eigenvalue weighted by Gasteiger charge is -2.09. The zero-order valence-corrected chi connectivity index (χ0v) is 13.6. The lowest BCUT2D eigenvalue weighted by Crippen LogP contribution is -2.33. The molecule has 2 amide bonds. The van der Waals surface area contributed by atoms with Crippen LogP contribution < -0.4 is 16.0 Å². The molecule has 0 unspecified atom stereocenters. The molecule has 9 heteroatoms. The van der Waals surface area contributed by atoms with Crippen LogP contribution in [0.3, 0.4) is 0 Å². The minimum absolute atomic E-state index is 0. The van der Waals surface area contributed by atoms with Gasteiger partial charge in [0, 0.05) is 11.3 Å². The monoisotopic (exact) mass is 365 g/mol. The standard InChI is InChI=1S/C15H18F3N3O2.ClH/c16-15(17,18)9-20-14(23)11-3-5-12(6-4-11)21-13(22)8-19-7-10-1-2-10;/h3-6,10,19H,1-2,7-9H2,(H,20,23)(H,21,22);1H. The molecule has 24 heavy (non-hydrogen) atoms. The Kier molecular flexibility index (Phi) is 7.50. The second-order valence-corrected chi connectivity index (χ2v) is 5.50. The summed E-state index contributed by atoms with van der Waals surface area (Å²) in [6.45, 7) is -0.354. The fourth-order valence-corrected chi connectivity index (χ4v) is 1.90. The van der Waals surface area contributed by atoms with Crippen molar-refractivity contribution in [3.63, 3.8) is 0 Å². The summed E-state index contributed by atoms with van der Waals surface area (Å²) in [4.78, 5) is 23.2. The van der Waals surface area contributed by atoms with Crippen LogP contribution in [0, 0.1) is 5.92 Å². The van der Waals surface area contributed by atoms with Gasteiger partial charge in [0.25, 0.3) is 5.91 Å². The minimum Gasteiger partial charge on any atom is -0.343 e. The number of carbonyl (C=O) groups excluding carboxylic acids is 2. The van der Waals surface area contributed by atoms with Crippen molar-refractivity contribution in [2.24, 2.45) is 5.92 Å². The molecule has 0 radical (unpaired) electrons. The number of nitrogens with one attached hydrogen (secondary N) is 3. The van der Waals surface area contributed by atoms with Crippen LogP contribution in [0.4, 0.5) is 18.9 Å². The molecule has 0 heterocycles. The summed E-state index contributed by atoms with van der Waals surface area (Å²) in [7, 11) is 0. The molecule has 2 rings (SSSR count). The fraction of sp³-hybridized carbons (Fsp3) is 0.467. The average Bonchev–Trinajstić information content (AvgIpc) is 3.29. The summed E-state index contributed by atoms with van der Waals surface area (Å²) >= 11 is 0. The zero-order chi connectivity index (χ0) is 16.9. The van der Waals surface area contributed by atoms with Crippen molar-refractivity contribution < 1.29 is 22.8 Å². The SMILES string of the molecule is Cl.O=C(CNCC1CC1)Nc1ccc(C(=O)NCC(F)(F)F)cc1. The third-order valence-electron chi connectivity index (χ3n) is 3.30. The largest absolute Gasteiger partial charge is 0.405 e. The predicted molar refractivity (Wildman–Crippen MR) is 86.3 cm³/mol. The first-order valence-electron chi connectivity index (χ1n) is 7.29. The Morgan fingerprint density at radius 2 is 1.75 bits per heavy atom. The Labute approximate surface area is 143 Å². The number of hydrogen-bond donors (Lipinski definition) is 3. The van der Waals surface area contributed by atoms with E-state index in [9.17, 15) is 22.8 Å². The predicted octanol–water partition coefficient (Wildman–Crippen LogP) is 2.34. The lowest BCUT2D eigenvalue weighted by molar-refractivity contribution is -0.123. The highest BCUT2D eigenvalue weighted by Crippen LogP contribution is 2.27. The van der Waals surface area contributed by atoms with Gasteiger partial charge in [-0.05, 0) is 49.6 Å². The molecule has 0 spiro atoms. The van der Waals surface area contributed by atoms with Gasteiger partial charge in [-0.1, -0.05) is 0 Å². The molecule has 3 N–H and O–H groups in total. The van der Waals surface area contributed by atoms with E-state index >= 15 is 0 Å². The van der Waals surface area contributed by atoms with Crippen molar-refractivity contribution >= 4 is 29.9 Å². The van der Waals surface area contributed by atoms with Gasteiger partial charge in [-0.15, -0.1) is 12.4 Å². The summed E-state index contributed by atoms with van der Waals surface area (Å²) in [5.41, 5.74) is 0.578. The quantitative estimate of drug-likeness (QED) is 0.694. The molecule has 0 aromatic heterocycles. The second kappa shape index (κ2) is 8.89. The highest BCUT2D eigenvalue weighted by molar-refractivity contribution is 5.96. The third kappa shape index (κ3) is 7.65. The van der Waals surface area contributed by atoms with Gasteiger partial charge < -0.3 is 16.0 Å². The van der Waals surface area contributed by atoms with Gasteiger partial charge in [0.15, 0.2) is 0 Å². The van der Waals surface area contributed by atoms with E-state index in [1.807, 2.05) is 0 Å². The van der Waals surface area contributed by atoms with Crippen LogP contribution in [0.15, 0.2) is 24.3 Å². The molecule has 1 aliphatic carbocycles. The number of rotatable bonds is 7. The number of anilines is 1. The number of carbonyl (C=O) groups is 2.